The summed E-state index contributed by atoms with van der Waals surface area (Å²) in [4.78, 5) is 23.4. The van der Waals surface area contributed by atoms with Crippen LogP contribution in [0.15, 0.2) is 24.3 Å². The van der Waals surface area contributed by atoms with Crippen LogP contribution in [0.4, 0.5) is 0 Å². The van der Waals surface area contributed by atoms with E-state index in [1.165, 1.54) is 289 Å². The smallest absolute Gasteiger partial charge is 0.387 e. The number of phosphoric ester groups is 1. The number of phosphoric acid groups is 1. The Balaban J connectivity index is 4.10. The molecule has 0 aromatic carbocycles. The summed E-state index contributed by atoms with van der Waals surface area (Å²) in [5.74, 6) is -0.178. The van der Waals surface area contributed by atoms with Crippen molar-refractivity contribution in [1.29, 1.82) is 0 Å². The summed E-state index contributed by atoms with van der Waals surface area (Å²) < 4.78 is 23.8. The fourth-order valence-electron chi connectivity index (χ4n) is 10.4. The van der Waals surface area contributed by atoms with Gasteiger partial charge in [0.25, 0.3) is 0 Å². The summed E-state index contributed by atoms with van der Waals surface area (Å²) in [6.07, 6.45) is 76.1. The lowest BCUT2D eigenvalue weighted by molar-refractivity contribution is -0.870. The van der Waals surface area contributed by atoms with Crippen molar-refractivity contribution in [3.63, 3.8) is 0 Å². The number of quaternary nitrogens is 1. The van der Waals surface area contributed by atoms with Crippen LogP contribution < -0.4 is 5.32 Å². The molecular formula is C67H134N2O6P+. The first-order valence-electron chi connectivity index (χ1n) is 33.7. The molecule has 0 aliphatic heterocycles. The van der Waals surface area contributed by atoms with Gasteiger partial charge < -0.3 is 19.8 Å². The molecular weight excluding hydrogens is 960 g/mol. The van der Waals surface area contributed by atoms with E-state index in [1.807, 2.05) is 27.2 Å². The van der Waals surface area contributed by atoms with E-state index in [9.17, 15) is 19.4 Å². The Kier molecular flexibility index (Phi) is 57.8. The summed E-state index contributed by atoms with van der Waals surface area (Å²) in [7, 11) is 1.57. The number of nitrogens with zero attached hydrogens (tertiary/aromatic N) is 1. The fourth-order valence-corrected chi connectivity index (χ4v) is 11.2. The van der Waals surface area contributed by atoms with E-state index in [4.69, 9.17) is 9.05 Å². The standard InChI is InChI=1S/C67H133N2O6P/c1-6-8-10-12-14-16-18-20-22-24-26-28-30-32-34-36-38-40-42-44-46-48-50-52-54-56-58-60-66(70)65(64-75-76(72,73)74-63-62-69(3,4)5)68-67(71)61-59-57-55-53-51-49-47-45-43-41-39-37-35-33-31-29-27-25-23-21-19-17-15-13-11-9-7-2/h50,52,58,60,65-66,70H,6-49,51,53-57,59,61-64H2,1-5H3,(H-,68,71,72,73)/p+1/b52-50+,60-58+. The van der Waals surface area contributed by atoms with Gasteiger partial charge in [-0.3, -0.25) is 13.8 Å². The minimum atomic E-state index is -4.36. The maximum Gasteiger partial charge on any atom is 0.472 e. The quantitative estimate of drug-likeness (QED) is 0.0243. The lowest BCUT2D eigenvalue weighted by Gasteiger charge is -2.25. The van der Waals surface area contributed by atoms with Gasteiger partial charge in [-0.25, -0.2) is 4.57 Å². The third-order valence-electron chi connectivity index (χ3n) is 15.7. The molecule has 0 saturated carbocycles. The molecule has 0 saturated heterocycles. The van der Waals surface area contributed by atoms with Gasteiger partial charge >= 0.3 is 7.82 Å². The highest BCUT2D eigenvalue weighted by atomic mass is 31.2. The maximum atomic E-state index is 13.0. The number of aliphatic hydroxyl groups is 1. The summed E-state index contributed by atoms with van der Waals surface area (Å²) >= 11 is 0. The minimum Gasteiger partial charge on any atom is -0.387 e. The van der Waals surface area contributed by atoms with Crippen LogP contribution in [0.25, 0.3) is 0 Å². The Morgan fingerprint density at radius 1 is 0.434 bits per heavy atom. The Bertz CT molecular complexity index is 1290. The molecule has 9 heteroatoms. The highest BCUT2D eigenvalue weighted by Gasteiger charge is 2.28. The van der Waals surface area contributed by atoms with Crippen LogP contribution in [0.2, 0.25) is 0 Å². The number of unbranched alkanes of at least 4 members (excludes halogenated alkanes) is 48. The van der Waals surface area contributed by atoms with E-state index in [0.717, 1.165) is 38.5 Å². The summed E-state index contributed by atoms with van der Waals surface area (Å²) in [6.45, 7) is 4.86. The Morgan fingerprint density at radius 2 is 0.724 bits per heavy atom. The number of hydrogen-bond donors (Lipinski definition) is 3. The summed E-state index contributed by atoms with van der Waals surface area (Å²) in [6, 6.07) is -0.861. The molecule has 0 bridgehead atoms. The first-order valence-corrected chi connectivity index (χ1v) is 35.2. The van der Waals surface area contributed by atoms with Crippen LogP contribution in [0.5, 0.6) is 0 Å². The second kappa shape index (κ2) is 58.6. The number of amides is 1. The molecule has 452 valence electrons. The van der Waals surface area contributed by atoms with Crippen molar-refractivity contribution in [3.8, 4) is 0 Å². The molecule has 0 aliphatic rings. The topological polar surface area (TPSA) is 105 Å². The molecule has 8 nitrogen and oxygen atoms in total. The van der Waals surface area contributed by atoms with Crippen LogP contribution in [0, 0.1) is 0 Å². The average Bonchev–Trinajstić information content (AvgIpc) is 3.38. The third kappa shape index (κ3) is 60.6. The number of rotatable bonds is 63. The number of hydrogen-bond acceptors (Lipinski definition) is 5. The van der Waals surface area contributed by atoms with E-state index < -0.39 is 20.0 Å². The van der Waals surface area contributed by atoms with Gasteiger partial charge in [0.1, 0.15) is 13.2 Å². The number of nitrogens with one attached hydrogen (secondary N) is 1. The van der Waals surface area contributed by atoms with E-state index in [0.29, 0.717) is 17.4 Å². The van der Waals surface area contributed by atoms with Gasteiger partial charge in [0.2, 0.25) is 5.91 Å². The van der Waals surface area contributed by atoms with Crippen LogP contribution in [-0.4, -0.2) is 73.4 Å². The lowest BCUT2D eigenvalue weighted by atomic mass is 10.0. The van der Waals surface area contributed by atoms with Crippen LogP contribution in [-0.2, 0) is 18.4 Å². The average molecular weight is 1090 g/mol. The molecule has 3 unspecified atom stereocenters. The molecule has 76 heavy (non-hydrogen) atoms. The molecule has 0 radical (unpaired) electrons. The number of aliphatic hydroxyl groups excluding tert-OH is 1. The third-order valence-corrected chi connectivity index (χ3v) is 16.7. The van der Waals surface area contributed by atoms with Gasteiger partial charge in [-0.15, -0.1) is 0 Å². The van der Waals surface area contributed by atoms with Gasteiger partial charge in [-0.05, 0) is 32.1 Å². The molecule has 0 aromatic rings. The van der Waals surface area contributed by atoms with E-state index >= 15 is 0 Å². The number of carbonyl (C=O) groups is 1. The molecule has 0 aliphatic carbocycles. The maximum absolute atomic E-state index is 13.0. The van der Waals surface area contributed by atoms with Crippen molar-refractivity contribution in [1.82, 2.24) is 5.32 Å². The zero-order valence-electron chi connectivity index (χ0n) is 51.8. The van der Waals surface area contributed by atoms with Crippen molar-refractivity contribution in [2.24, 2.45) is 0 Å². The zero-order valence-corrected chi connectivity index (χ0v) is 52.7. The van der Waals surface area contributed by atoms with Crippen molar-refractivity contribution in [2.45, 2.75) is 360 Å². The largest absolute Gasteiger partial charge is 0.472 e. The Morgan fingerprint density at radius 3 is 1.05 bits per heavy atom. The van der Waals surface area contributed by atoms with Gasteiger partial charge in [0, 0.05) is 6.42 Å². The van der Waals surface area contributed by atoms with Gasteiger partial charge in [-0.2, -0.15) is 0 Å². The number of likely N-dealkylation sites (N-methyl/N-ethyl adjacent to an activating group) is 1. The molecule has 0 spiro atoms. The van der Waals surface area contributed by atoms with Crippen molar-refractivity contribution >= 4 is 13.7 Å². The Hall–Kier alpha value is -1.02. The molecule has 0 aromatic heterocycles. The first-order chi connectivity index (χ1) is 37.0. The predicted molar refractivity (Wildman–Crippen MR) is 332 cm³/mol. The first kappa shape index (κ1) is 75.0. The summed E-state index contributed by atoms with van der Waals surface area (Å²) in [5, 5.41) is 14.0. The van der Waals surface area contributed by atoms with Crippen LogP contribution in [0.3, 0.4) is 0 Å². The second-order valence-corrected chi connectivity index (χ2v) is 26.0. The highest BCUT2D eigenvalue weighted by molar-refractivity contribution is 7.47. The molecule has 3 atom stereocenters. The van der Waals surface area contributed by atoms with E-state index in [2.05, 4.69) is 31.3 Å². The highest BCUT2D eigenvalue weighted by Crippen LogP contribution is 2.43. The van der Waals surface area contributed by atoms with Gasteiger partial charge in [0.05, 0.1) is 39.9 Å². The molecule has 1 amide bonds. The zero-order chi connectivity index (χ0) is 55.6. The molecule has 0 heterocycles. The molecule has 0 rings (SSSR count). The van der Waals surface area contributed by atoms with Crippen molar-refractivity contribution < 1.29 is 32.9 Å². The lowest BCUT2D eigenvalue weighted by Crippen LogP contribution is -2.45. The van der Waals surface area contributed by atoms with E-state index in [1.54, 1.807) is 6.08 Å². The molecule has 0 fully saturated rings. The predicted octanol–water partition coefficient (Wildman–Crippen LogP) is 21.1. The SMILES string of the molecule is CCCCCCCCCCCCCCCCCCCCCCC/C=C/CC/C=C/C(O)C(COP(=O)(O)OCC[N+](C)(C)C)NC(=O)CCCCCCCCCCCCCCCCCCCCCCCCCCCCC. The van der Waals surface area contributed by atoms with Gasteiger partial charge in [-0.1, -0.05) is 334 Å². The Labute approximate surface area is 474 Å². The van der Waals surface area contributed by atoms with Crippen LogP contribution in [0.1, 0.15) is 348 Å². The summed E-state index contributed by atoms with van der Waals surface area (Å²) in [5.41, 5.74) is 0. The minimum absolute atomic E-state index is 0.0590. The van der Waals surface area contributed by atoms with Gasteiger partial charge in [0.15, 0.2) is 0 Å². The second-order valence-electron chi connectivity index (χ2n) is 24.6. The van der Waals surface area contributed by atoms with Crippen LogP contribution >= 0.6 is 7.82 Å². The van der Waals surface area contributed by atoms with Crippen molar-refractivity contribution in [3.05, 3.63) is 24.3 Å². The van der Waals surface area contributed by atoms with E-state index in [-0.39, 0.29) is 19.1 Å². The monoisotopic (exact) mass is 1090 g/mol. The normalized spacial score (nSPS) is 13.8. The molecule has 3 N–H and O–H groups in total. The number of carbonyl (C=O) groups excluding carboxylic acids is 1. The number of allylic oxidation sites excluding steroid dienone is 3. The van der Waals surface area contributed by atoms with Crippen molar-refractivity contribution in [2.75, 3.05) is 40.9 Å². The fraction of sp³-hybridized carbons (Fsp3) is 0.925.